The quantitative estimate of drug-likeness (QED) is 0.406. The molecule has 4 aromatic rings. The number of benzene rings is 3. The van der Waals surface area contributed by atoms with Crippen LogP contribution < -0.4 is 15.0 Å². The summed E-state index contributed by atoms with van der Waals surface area (Å²) in [5, 5.41) is 1.48. The maximum atomic E-state index is 12.4. The zero-order valence-electron chi connectivity index (χ0n) is 16.1. The first kappa shape index (κ1) is 20.3. The summed E-state index contributed by atoms with van der Waals surface area (Å²) in [7, 11) is 0. The lowest BCUT2D eigenvalue weighted by molar-refractivity contribution is 0.269. The van der Waals surface area contributed by atoms with Gasteiger partial charge in [0.15, 0.2) is 11.5 Å². The number of halogens is 2. The lowest BCUT2D eigenvalue weighted by Gasteiger charge is -2.16. The van der Waals surface area contributed by atoms with Gasteiger partial charge in [0.1, 0.15) is 12.4 Å². The molecular weight excluding hydrogens is 423 g/mol. The minimum atomic E-state index is -0.219. The molecule has 0 spiro atoms. The standard InChI is InChI=1S/C23H18Cl2N2O3/c1-2-29-20-12-15(22-26-19-10-6-4-8-16(19)23(28)27-22)11-18(25)21(20)30-13-14-7-3-5-9-17(14)24/h3-12H,2,13H2,1H3,(H,26,27,28). The van der Waals surface area contributed by atoms with Gasteiger partial charge in [0, 0.05) is 16.1 Å². The van der Waals surface area contributed by atoms with Gasteiger partial charge in [-0.15, -0.1) is 0 Å². The van der Waals surface area contributed by atoms with Gasteiger partial charge in [-0.05, 0) is 37.3 Å². The number of nitrogens with one attached hydrogen (secondary N) is 1. The molecular formula is C23H18Cl2N2O3. The van der Waals surface area contributed by atoms with Crippen molar-refractivity contribution in [2.45, 2.75) is 13.5 Å². The third kappa shape index (κ3) is 4.13. The SMILES string of the molecule is CCOc1cc(-c2nc3ccccc3c(=O)[nH]2)cc(Cl)c1OCc1ccccc1Cl. The number of nitrogens with zero attached hydrogens (tertiary/aromatic N) is 1. The van der Waals surface area contributed by atoms with Crippen molar-refractivity contribution in [3.8, 4) is 22.9 Å². The van der Waals surface area contributed by atoms with Gasteiger partial charge in [0.05, 0.1) is 22.5 Å². The first-order valence-corrected chi connectivity index (χ1v) is 10.1. The number of rotatable bonds is 6. The van der Waals surface area contributed by atoms with Crippen molar-refractivity contribution in [2.75, 3.05) is 6.61 Å². The number of para-hydroxylation sites is 1. The summed E-state index contributed by atoms with van der Waals surface area (Å²) >= 11 is 12.7. The summed E-state index contributed by atoms with van der Waals surface area (Å²) < 4.78 is 11.7. The normalized spacial score (nSPS) is 10.9. The molecule has 0 amide bonds. The summed E-state index contributed by atoms with van der Waals surface area (Å²) in [4.78, 5) is 19.8. The molecule has 0 aliphatic carbocycles. The summed E-state index contributed by atoms with van der Waals surface area (Å²) in [6.07, 6.45) is 0. The second-order valence-corrected chi connectivity index (χ2v) is 7.34. The Labute approximate surface area is 183 Å². The fourth-order valence-corrected chi connectivity index (χ4v) is 3.55. The van der Waals surface area contributed by atoms with E-state index in [0.717, 1.165) is 5.56 Å². The fourth-order valence-electron chi connectivity index (χ4n) is 3.10. The molecule has 0 saturated heterocycles. The van der Waals surface area contributed by atoms with E-state index >= 15 is 0 Å². The zero-order valence-corrected chi connectivity index (χ0v) is 17.6. The van der Waals surface area contributed by atoms with E-state index in [9.17, 15) is 4.79 Å². The van der Waals surface area contributed by atoms with Gasteiger partial charge in [0.25, 0.3) is 5.56 Å². The first-order valence-electron chi connectivity index (χ1n) is 9.38. The van der Waals surface area contributed by atoms with Crippen LogP contribution >= 0.6 is 23.2 Å². The molecule has 4 rings (SSSR count). The van der Waals surface area contributed by atoms with E-state index in [-0.39, 0.29) is 12.2 Å². The van der Waals surface area contributed by atoms with Crippen molar-refractivity contribution >= 4 is 34.1 Å². The maximum absolute atomic E-state index is 12.4. The Morgan fingerprint density at radius 1 is 0.967 bits per heavy atom. The second kappa shape index (κ2) is 8.78. The van der Waals surface area contributed by atoms with E-state index in [1.54, 1.807) is 36.4 Å². The van der Waals surface area contributed by atoms with Gasteiger partial charge in [-0.1, -0.05) is 53.5 Å². The molecule has 7 heteroatoms. The number of aromatic nitrogens is 2. The monoisotopic (exact) mass is 440 g/mol. The van der Waals surface area contributed by atoms with Gasteiger partial charge < -0.3 is 14.5 Å². The fraction of sp³-hybridized carbons (Fsp3) is 0.130. The maximum Gasteiger partial charge on any atom is 0.259 e. The number of fused-ring (bicyclic) bond motifs is 1. The van der Waals surface area contributed by atoms with Crippen LogP contribution in [0.1, 0.15) is 12.5 Å². The van der Waals surface area contributed by atoms with E-state index in [4.69, 9.17) is 32.7 Å². The molecule has 0 bridgehead atoms. The lowest BCUT2D eigenvalue weighted by atomic mass is 10.1. The molecule has 5 nitrogen and oxygen atoms in total. The van der Waals surface area contributed by atoms with Crippen LogP contribution in [0.25, 0.3) is 22.3 Å². The minimum absolute atomic E-state index is 0.219. The molecule has 152 valence electrons. The van der Waals surface area contributed by atoms with E-state index in [1.165, 1.54) is 0 Å². The summed E-state index contributed by atoms with van der Waals surface area (Å²) in [5.74, 6) is 1.27. The molecule has 0 aliphatic heterocycles. The van der Waals surface area contributed by atoms with Crippen LogP contribution in [0.4, 0.5) is 0 Å². The second-order valence-electron chi connectivity index (χ2n) is 6.53. The van der Waals surface area contributed by atoms with Gasteiger partial charge in [-0.3, -0.25) is 4.79 Å². The predicted molar refractivity (Wildman–Crippen MR) is 120 cm³/mol. The highest BCUT2D eigenvalue weighted by molar-refractivity contribution is 6.32. The summed E-state index contributed by atoms with van der Waals surface area (Å²) in [6, 6.07) is 18.0. The van der Waals surface area contributed by atoms with Crippen molar-refractivity contribution in [3.05, 3.63) is 86.6 Å². The predicted octanol–water partition coefficient (Wildman–Crippen LogP) is 5.87. The Hall–Kier alpha value is -3.02. The topological polar surface area (TPSA) is 64.2 Å². The molecule has 1 N–H and O–H groups in total. The van der Waals surface area contributed by atoms with Crippen LogP contribution in [0.5, 0.6) is 11.5 Å². The van der Waals surface area contributed by atoms with Crippen LogP contribution in [0.15, 0.2) is 65.5 Å². The Kier molecular flexibility index (Phi) is 5.93. The average molecular weight is 441 g/mol. The number of H-pyrrole nitrogens is 1. The molecule has 0 fully saturated rings. The van der Waals surface area contributed by atoms with E-state index in [0.29, 0.717) is 50.4 Å². The number of aromatic amines is 1. The number of hydrogen-bond donors (Lipinski definition) is 1. The molecule has 0 unspecified atom stereocenters. The van der Waals surface area contributed by atoms with E-state index in [1.807, 2.05) is 31.2 Å². The Balaban J connectivity index is 1.73. The van der Waals surface area contributed by atoms with Crippen molar-refractivity contribution in [1.82, 2.24) is 9.97 Å². The third-order valence-corrected chi connectivity index (χ3v) is 5.17. The van der Waals surface area contributed by atoms with Crippen LogP contribution in [0, 0.1) is 0 Å². The van der Waals surface area contributed by atoms with Crippen LogP contribution in [0.2, 0.25) is 10.0 Å². The number of hydrogen-bond acceptors (Lipinski definition) is 4. The highest BCUT2D eigenvalue weighted by atomic mass is 35.5. The van der Waals surface area contributed by atoms with E-state index < -0.39 is 0 Å². The largest absolute Gasteiger partial charge is 0.490 e. The third-order valence-electron chi connectivity index (χ3n) is 4.53. The minimum Gasteiger partial charge on any atom is -0.490 e. The van der Waals surface area contributed by atoms with Gasteiger partial charge in [-0.25, -0.2) is 4.98 Å². The van der Waals surface area contributed by atoms with Crippen LogP contribution in [-0.2, 0) is 6.61 Å². The van der Waals surface area contributed by atoms with E-state index in [2.05, 4.69) is 9.97 Å². The first-order chi connectivity index (χ1) is 14.6. The average Bonchev–Trinajstić information content (AvgIpc) is 2.74. The molecule has 0 atom stereocenters. The molecule has 0 aliphatic rings. The Bertz CT molecular complexity index is 1270. The Morgan fingerprint density at radius 3 is 2.53 bits per heavy atom. The van der Waals surface area contributed by atoms with Crippen molar-refractivity contribution in [2.24, 2.45) is 0 Å². The Morgan fingerprint density at radius 2 is 1.73 bits per heavy atom. The molecule has 3 aromatic carbocycles. The smallest absolute Gasteiger partial charge is 0.259 e. The van der Waals surface area contributed by atoms with Gasteiger partial charge >= 0.3 is 0 Å². The summed E-state index contributed by atoms with van der Waals surface area (Å²) in [6.45, 7) is 2.53. The highest BCUT2D eigenvalue weighted by Gasteiger charge is 2.16. The molecule has 30 heavy (non-hydrogen) atoms. The van der Waals surface area contributed by atoms with Crippen molar-refractivity contribution in [3.63, 3.8) is 0 Å². The lowest BCUT2D eigenvalue weighted by Crippen LogP contribution is -2.09. The summed E-state index contributed by atoms with van der Waals surface area (Å²) in [5.41, 5.74) is 1.84. The van der Waals surface area contributed by atoms with Gasteiger partial charge in [-0.2, -0.15) is 0 Å². The molecule has 0 saturated carbocycles. The van der Waals surface area contributed by atoms with Crippen molar-refractivity contribution in [1.29, 1.82) is 0 Å². The molecule has 1 heterocycles. The van der Waals surface area contributed by atoms with Gasteiger partial charge in [0.2, 0.25) is 0 Å². The molecule has 1 aromatic heterocycles. The van der Waals surface area contributed by atoms with Crippen LogP contribution in [-0.4, -0.2) is 16.6 Å². The van der Waals surface area contributed by atoms with Crippen LogP contribution in [0.3, 0.4) is 0 Å². The zero-order chi connectivity index (χ0) is 21.1. The van der Waals surface area contributed by atoms with Crippen molar-refractivity contribution < 1.29 is 9.47 Å². The number of ether oxygens (including phenoxy) is 2. The molecule has 0 radical (unpaired) electrons. The highest BCUT2D eigenvalue weighted by Crippen LogP contribution is 2.39.